The monoisotopic (exact) mass is 870 g/mol. The zero-order chi connectivity index (χ0) is 46.2. The minimum atomic E-state index is -0.611. The van der Waals surface area contributed by atoms with E-state index in [1.807, 2.05) is 55.4 Å². The number of fused-ring (bicyclic) bond motifs is 5. The minimum absolute atomic E-state index is 0.0648. The van der Waals surface area contributed by atoms with Gasteiger partial charge in [-0.3, -0.25) is 9.59 Å². The summed E-state index contributed by atoms with van der Waals surface area (Å²) in [7, 11) is 0. The lowest BCUT2D eigenvalue weighted by Gasteiger charge is -2.58. The number of alkyl carbamates (subject to hydrolysis) is 2. The lowest BCUT2D eigenvalue weighted by Crippen LogP contribution is -2.51. The highest BCUT2D eigenvalue weighted by Gasteiger charge is 2.59. The van der Waals surface area contributed by atoms with Gasteiger partial charge in [-0.1, -0.05) is 66.0 Å². The SMILES string of the molecule is CCC(CCC(C)[C@H]1CC[C@H]2[C@@H]3CC=C4C[C@@H](OC(=O)CCCC(=O)N(CCC(C)NC(=O)OC(C)(C)C)CCC(C)NC(=O)OC(C)(C)C)CC[C@]4(C)[C@H]3CC[C@]12C)C(C)C. The Bertz CT molecular complexity index is 1490. The number of carbonyl (C=O) groups excluding carboxylic acids is 4. The number of allylic oxidation sites excluding steroid dienone is 1. The first-order valence-corrected chi connectivity index (χ1v) is 25.0. The molecule has 4 aliphatic carbocycles. The largest absolute Gasteiger partial charge is 0.462 e. The molecule has 0 bridgehead atoms. The summed E-state index contributed by atoms with van der Waals surface area (Å²) in [4.78, 5) is 53.4. The Morgan fingerprint density at radius 3 is 1.92 bits per heavy atom. The van der Waals surface area contributed by atoms with Crippen molar-refractivity contribution in [2.75, 3.05) is 13.1 Å². The van der Waals surface area contributed by atoms with Gasteiger partial charge in [-0.25, -0.2) is 9.59 Å². The second-order valence-electron chi connectivity index (χ2n) is 23.2. The predicted molar refractivity (Wildman–Crippen MR) is 249 cm³/mol. The van der Waals surface area contributed by atoms with E-state index in [2.05, 4.69) is 58.3 Å². The van der Waals surface area contributed by atoms with Crippen LogP contribution in [0.4, 0.5) is 9.59 Å². The molecule has 356 valence electrons. The second-order valence-corrected chi connectivity index (χ2v) is 23.2. The van der Waals surface area contributed by atoms with E-state index in [9.17, 15) is 19.2 Å². The van der Waals surface area contributed by atoms with E-state index in [1.165, 1.54) is 56.9 Å². The summed E-state index contributed by atoms with van der Waals surface area (Å²) in [6.45, 7) is 30.4. The molecule has 0 aromatic rings. The predicted octanol–water partition coefficient (Wildman–Crippen LogP) is 12.2. The standard InChI is InChI=1S/C52H91N3O7/c1-15-38(34(2)3)20-19-35(4)42-23-24-43-41-22-21-39-33-40(25-29-51(39,13)44(41)26-30-52(42,43)14)60-46(57)18-16-17-45(56)55(31-27-36(5)53-47(58)61-49(7,8)9)32-28-37(6)54-48(59)62-50(10,11)12/h21,34-38,40-44H,15-20,22-33H2,1-14H3,(H,53,58)(H,54,59)/t35?,36?,37?,38?,40-,41-,42+,43-,44-,51-,52+/m0/s1. The maximum absolute atomic E-state index is 13.6. The van der Waals surface area contributed by atoms with Crippen molar-refractivity contribution in [3.05, 3.63) is 11.6 Å². The summed E-state index contributed by atoms with van der Waals surface area (Å²) in [5.41, 5.74) is 0.950. The van der Waals surface area contributed by atoms with Crippen molar-refractivity contribution in [2.24, 2.45) is 52.3 Å². The number of nitrogens with one attached hydrogen (secondary N) is 2. The van der Waals surface area contributed by atoms with Crippen LogP contribution in [0.25, 0.3) is 0 Å². The van der Waals surface area contributed by atoms with Crippen molar-refractivity contribution >= 4 is 24.1 Å². The average molecular weight is 870 g/mol. The van der Waals surface area contributed by atoms with Gasteiger partial charge < -0.3 is 29.7 Å². The topological polar surface area (TPSA) is 123 Å². The molecule has 10 nitrogen and oxygen atoms in total. The van der Waals surface area contributed by atoms with Crippen molar-refractivity contribution < 1.29 is 33.4 Å². The van der Waals surface area contributed by atoms with Crippen LogP contribution < -0.4 is 10.6 Å². The molecule has 0 aliphatic heterocycles. The van der Waals surface area contributed by atoms with Crippen LogP contribution in [0.3, 0.4) is 0 Å². The first-order valence-electron chi connectivity index (χ1n) is 25.0. The zero-order valence-electron chi connectivity index (χ0n) is 41.9. The maximum Gasteiger partial charge on any atom is 0.407 e. The molecule has 0 spiro atoms. The first kappa shape index (κ1) is 51.9. The average Bonchev–Trinajstić information content (AvgIpc) is 3.50. The molecule has 0 heterocycles. The molecule has 11 atom stereocenters. The lowest BCUT2D eigenvalue weighted by molar-refractivity contribution is -0.151. The molecule has 4 unspecified atom stereocenters. The Morgan fingerprint density at radius 2 is 1.37 bits per heavy atom. The van der Waals surface area contributed by atoms with Gasteiger partial charge >= 0.3 is 18.2 Å². The molecule has 0 saturated heterocycles. The number of rotatable bonds is 19. The fourth-order valence-electron chi connectivity index (χ4n) is 12.4. The van der Waals surface area contributed by atoms with Gasteiger partial charge in [-0.05, 0) is 178 Å². The highest BCUT2D eigenvalue weighted by atomic mass is 16.6. The molecule has 0 radical (unpaired) electrons. The molecule has 2 N–H and O–H groups in total. The van der Waals surface area contributed by atoms with Gasteiger partial charge in [0.05, 0.1) is 0 Å². The van der Waals surface area contributed by atoms with Gasteiger partial charge in [-0.2, -0.15) is 0 Å². The molecular weight excluding hydrogens is 779 g/mol. The van der Waals surface area contributed by atoms with E-state index in [0.717, 1.165) is 60.7 Å². The summed E-state index contributed by atoms with van der Waals surface area (Å²) >= 11 is 0. The summed E-state index contributed by atoms with van der Waals surface area (Å²) in [5.74, 6) is 5.28. The molecule has 10 heteroatoms. The van der Waals surface area contributed by atoms with Crippen LogP contribution >= 0.6 is 0 Å². The highest BCUT2D eigenvalue weighted by Crippen LogP contribution is 2.67. The Hall–Kier alpha value is -2.78. The lowest BCUT2D eigenvalue weighted by atomic mass is 9.47. The quantitative estimate of drug-likeness (QED) is 0.0753. The number of esters is 1. The number of carbonyl (C=O) groups is 4. The third-order valence-corrected chi connectivity index (χ3v) is 15.9. The molecule has 3 saturated carbocycles. The Morgan fingerprint density at radius 1 is 0.774 bits per heavy atom. The first-order chi connectivity index (χ1) is 28.8. The Labute approximate surface area is 377 Å². The molecule has 62 heavy (non-hydrogen) atoms. The zero-order valence-corrected chi connectivity index (χ0v) is 41.9. The molecule has 3 amide bonds. The van der Waals surface area contributed by atoms with Crippen molar-refractivity contribution in [1.29, 1.82) is 0 Å². The number of nitrogens with zero attached hydrogens (tertiary/aromatic N) is 1. The molecular formula is C52H91N3O7. The van der Waals surface area contributed by atoms with Gasteiger partial charge in [0.1, 0.15) is 17.3 Å². The van der Waals surface area contributed by atoms with Crippen LogP contribution in [-0.2, 0) is 23.8 Å². The number of ether oxygens (including phenoxy) is 3. The van der Waals surface area contributed by atoms with E-state index in [1.54, 1.807) is 4.90 Å². The molecule has 0 aromatic heterocycles. The smallest absolute Gasteiger partial charge is 0.407 e. The molecule has 4 aliphatic rings. The maximum atomic E-state index is 13.6. The Balaban J connectivity index is 1.28. The Kier molecular flexibility index (Phi) is 18.3. The fourth-order valence-corrected chi connectivity index (χ4v) is 12.4. The summed E-state index contributed by atoms with van der Waals surface area (Å²) < 4.78 is 17.0. The van der Waals surface area contributed by atoms with E-state index < -0.39 is 23.4 Å². The van der Waals surface area contributed by atoms with Crippen LogP contribution in [0.5, 0.6) is 0 Å². The summed E-state index contributed by atoms with van der Waals surface area (Å²) in [6.07, 6.45) is 16.8. The number of hydrogen-bond acceptors (Lipinski definition) is 7. The van der Waals surface area contributed by atoms with Crippen molar-refractivity contribution in [1.82, 2.24) is 15.5 Å². The summed E-state index contributed by atoms with van der Waals surface area (Å²) in [6, 6.07) is -0.453. The van der Waals surface area contributed by atoms with Gasteiger partial charge in [0.15, 0.2) is 0 Å². The van der Waals surface area contributed by atoms with E-state index >= 15 is 0 Å². The summed E-state index contributed by atoms with van der Waals surface area (Å²) in [5, 5.41) is 5.72. The van der Waals surface area contributed by atoms with Crippen LogP contribution in [0.15, 0.2) is 11.6 Å². The van der Waals surface area contributed by atoms with Gasteiger partial charge in [0.2, 0.25) is 5.91 Å². The van der Waals surface area contributed by atoms with E-state index in [4.69, 9.17) is 14.2 Å². The van der Waals surface area contributed by atoms with Crippen molar-refractivity contribution in [3.8, 4) is 0 Å². The van der Waals surface area contributed by atoms with Crippen LogP contribution in [-0.4, -0.2) is 71.4 Å². The number of hydrogen-bond donors (Lipinski definition) is 2. The van der Waals surface area contributed by atoms with Crippen LogP contribution in [0, 0.1) is 52.3 Å². The van der Waals surface area contributed by atoms with Crippen molar-refractivity contribution in [2.45, 2.75) is 229 Å². The highest BCUT2D eigenvalue weighted by molar-refractivity contribution is 5.77. The number of amides is 3. The second kappa shape index (κ2) is 21.9. The van der Waals surface area contributed by atoms with Gasteiger partial charge in [0, 0.05) is 44.4 Å². The van der Waals surface area contributed by atoms with Gasteiger partial charge in [-0.15, -0.1) is 0 Å². The molecule has 4 rings (SSSR count). The molecule has 3 fully saturated rings. The van der Waals surface area contributed by atoms with Gasteiger partial charge in [0.25, 0.3) is 0 Å². The third kappa shape index (κ3) is 14.4. The normalized spacial score (nSPS) is 29.1. The van der Waals surface area contributed by atoms with E-state index in [0.29, 0.717) is 37.8 Å². The fraction of sp³-hybridized carbons (Fsp3) is 0.885. The van der Waals surface area contributed by atoms with Crippen LogP contribution in [0.2, 0.25) is 0 Å². The van der Waals surface area contributed by atoms with Crippen molar-refractivity contribution in [3.63, 3.8) is 0 Å². The molecule has 0 aromatic carbocycles. The third-order valence-electron chi connectivity index (χ3n) is 15.9. The van der Waals surface area contributed by atoms with E-state index in [-0.39, 0.29) is 48.3 Å². The van der Waals surface area contributed by atoms with Crippen LogP contribution in [0.1, 0.15) is 200 Å². The minimum Gasteiger partial charge on any atom is -0.462 e.